The van der Waals surface area contributed by atoms with Gasteiger partial charge in [-0.1, -0.05) is 62.4 Å². The van der Waals surface area contributed by atoms with Gasteiger partial charge in [0.1, 0.15) is 6.33 Å². The molecule has 2 aromatic heterocycles. The number of nitrogens with zero attached hydrogens (tertiary/aromatic N) is 6. The van der Waals surface area contributed by atoms with Crippen LogP contribution >= 0.6 is 0 Å². The van der Waals surface area contributed by atoms with Crippen molar-refractivity contribution in [1.29, 1.82) is 0 Å². The largest absolute Gasteiger partial charge is 0.328 e. The molecule has 164 valence electrons. The van der Waals surface area contributed by atoms with Gasteiger partial charge in [-0.25, -0.2) is 4.79 Å². The first-order valence-electron chi connectivity index (χ1n) is 10.9. The van der Waals surface area contributed by atoms with Crippen LogP contribution in [-0.4, -0.2) is 29.3 Å². The van der Waals surface area contributed by atoms with Gasteiger partial charge < -0.3 is 0 Å². The Morgan fingerprint density at radius 3 is 2.56 bits per heavy atom. The molecule has 4 rings (SSSR count). The van der Waals surface area contributed by atoms with E-state index in [4.69, 9.17) is 0 Å². The van der Waals surface area contributed by atoms with E-state index in [1.165, 1.54) is 0 Å². The Labute approximate surface area is 187 Å². The molecule has 0 radical (unpaired) electrons. The van der Waals surface area contributed by atoms with Crippen LogP contribution in [0.25, 0.3) is 16.8 Å². The van der Waals surface area contributed by atoms with Gasteiger partial charge in [0.15, 0.2) is 0 Å². The first-order valence-corrected chi connectivity index (χ1v) is 10.9. The molecule has 2 heterocycles. The zero-order chi connectivity index (χ0) is 22.5. The van der Waals surface area contributed by atoms with Crippen LogP contribution in [0.2, 0.25) is 0 Å². The summed E-state index contributed by atoms with van der Waals surface area (Å²) in [7, 11) is 0. The molecule has 0 aliphatic heterocycles. The lowest BCUT2D eigenvalue weighted by atomic mass is 10.0. The molecule has 0 aliphatic rings. The average molecular weight is 429 g/mol. The number of benzene rings is 2. The van der Waals surface area contributed by atoms with Gasteiger partial charge in [0.25, 0.3) is 0 Å². The molecule has 0 unspecified atom stereocenters. The molecular formula is C25H28N6O. The molecule has 0 bridgehead atoms. The van der Waals surface area contributed by atoms with E-state index in [-0.39, 0.29) is 5.69 Å². The monoisotopic (exact) mass is 428 g/mol. The third kappa shape index (κ3) is 4.61. The minimum atomic E-state index is 0.0471. The molecule has 0 fully saturated rings. The zero-order valence-corrected chi connectivity index (χ0v) is 18.6. The van der Waals surface area contributed by atoms with Crippen LogP contribution in [0.1, 0.15) is 31.5 Å². The van der Waals surface area contributed by atoms with Crippen LogP contribution in [-0.2, 0) is 19.5 Å². The number of tetrazole rings is 1. The molecule has 2 aromatic carbocycles. The van der Waals surface area contributed by atoms with Gasteiger partial charge >= 0.3 is 5.69 Å². The second-order valence-corrected chi connectivity index (χ2v) is 8.33. The maximum absolute atomic E-state index is 13.0. The van der Waals surface area contributed by atoms with Crippen molar-refractivity contribution in [2.45, 2.75) is 39.8 Å². The van der Waals surface area contributed by atoms with E-state index in [0.29, 0.717) is 12.5 Å². The lowest BCUT2D eigenvalue weighted by molar-refractivity contribution is 0.503. The summed E-state index contributed by atoms with van der Waals surface area (Å²) in [6, 6.07) is 16.3. The van der Waals surface area contributed by atoms with E-state index in [0.717, 1.165) is 47.5 Å². The SMILES string of the molecule is C=CCCc1cn(CC(C)C)c(=O)n1Cc1ccc(-c2ccccc2-n2cnnn2)cc1. The smallest absolute Gasteiger partial charge is 0.299 e. The molecule has 0 N–H and O–H groups in total. The normalized spacial score (nSPS) is 11.2. The van der Waals surface area contributed by atoms with Crippen LogP contribution in [0.5, 0.6) is 0 Å². The third-order valence-electron chi connectivity index (χ3n) is 5.40. The number of imidazole rings is 1. The fourth-order valence-corrected chi connectivity index (χ4v) is 3.89. The lowest BCUT2D eigenvalue weighted by Crippen LogP contribution is -2.26. The van der Waals surface area contributed by atoms with Gasteiger partial charge in [-0.3, -0.25) is 9.13 Å². The van der Waals surface area contributed by atoms with Gasteiger partial charge in [0, 0.05) is 24.0 Å². The lowest BCUT2D eigenvalue weighted by Gasteiger charge is -2.11. The Morgan fingerprint density at radius 1 is 1.09 bits per heavy atom. The minimum absolute atomic E-state index is 0.0471. The maximum Gasteiger partial charge on any atom is 0.328 e. The number of aromatic nitrogens is 6. The predicted molar refractivity (Wildman–Crippen MR) is 126 cm³/mol. The highest BCUT2D eigenvalue weighted by atomic mass is 16.1. The Morgan fingerprint density at radius 2 is 1.88 bits per heavy atom. The maximum atomic E-state index is 13.0. The number of hydrogen-bond donors (Lipinski definition) is 0. The van der Waals surface area contributed by atoms with Crippen molar-refractivity contribution in [3.8, 4) is 16.8 Å². The summed E-state index contributed by atoms with van der Waals surface area (Å²) in [5, 5.41) is 11.5. The van der Waals surface area contributed by atoms with Gasteiger partial charge in [0.2, 0.25) is 0 Å². The molecular weight excluding hydrogens is 400 g/mol. The summed E-state index contributed by atoms with van der Waals surface area (Å²) in [5.74, 6) is 0.412. The number of allylic oxidation sites excluding steroid dienone is 1. The summed E-state index contributed by atoms with van der Waals surface area (Å²) < 4.78 is 5.38. The Balaban J connectivity index is 1.62. The summed E-state index contributed by atoms with van der Waals surface area (Å²) in [5.41, 5.74) is 5.20. The molecule has 32 heavy (non-hydrogen) atoms. The third-order valence-corrected chi connectivity index (χ3v) is 5.40. The number of aryl methyl sites for hydroxylation is 1. The van der Waals surface area contributed by atoms with Gasteiger partial charge in [-0.05, 0) is 46.4 Å². The van der Waals surface area contributed by atoms with Crippen LogP contribution in [0.4, 0.5) is 0 Å². The van der Waals surface area contributed by atoms with E-state index in [1.54, 1.807) is 11.0 Å². The van der Waals surface area contributed by atoms with Crippen LogP contribution in [0.15, 0.2) is 78.5 Å². The van der Waals surface area contributed by atoms with Gasteiger partial charge in [-0.15, -0.1) is 11.7 Å². The van der Waals surface area contributed by atoms with Crippen molar-refractivity contribution in [3.05, 3.63) is 95.5 Å². The van der Waals surface area contributed by atoms with Crippen LogP contribution in [0, 0.1) is 5.92 Å². The minimum Gasteiger partial charge on any atom is -0.299 e. The highest BCUT2D eigenvalue weighted by molar-refractivity contribution is 5.72. The summed E-state index contributed by atoms with van der Waals surface area (Å²) in [6.07, 6.45) is 7.14. The second-order valence-electron chi connectivity index (χ2n) is 8.33. The Hall–Kier alpha value is -3.74. The van der Waals surface area contributed by atoms with Crippen molar-refractivity contribution < 1.29 is 0 Å². The molecule has 0 saturated carbocycles. The first-order chi connectivity index (χ1) is 15.6. The summed E-state index contributed by atoms with van der Waals surface area (Å²) in [4.78, 5) is 13.0. The Bertz CT molecular complexity index is 1230. The highest BCUT2D eigenvalue weighted by Gasteiger charge is 2.13. The molecule has 0 amide bonds. The van der Waals surface area contributed by atoms with E-state index in [9.17, 15) is 4.79 Å². The average Bonchev–Trinajstić information content (AvgIpc) is 3.43. The van der Waals surface area contributed by atoms with E-state index < -0.39 is 0 Å². The zero-order valence-electron chi connectivity index (χ0n) is 18.6. The molecule has 0 aliphatic carbocycles. The molecule has 0 saturated heterocycles. The van der Waals surface area contributed by atoms with Crippen LogP contribution < -0.4 is 5.69 Å². The number of rotatable bonds is 9. The standard InChI is InChI=1S/C25H28N6O/c1-4-5-8-22-17-29(15-19(2)3)25(32)30(22)16-20-11-13-21(14-12-20)23-9-6-7-10-24(23)31-18-26-27-28-31/h4,6-7,9-14,17-19H,1,5,8,15-16H2,2-3H3. The van der Waals surface area contributed by atoms with E-state index >= 15 is 0 Å². The van der Waals surface area contributed by atoms with Crippen molar-refractivity contribution in [1.82, 2.24) is 29.3 Å². The van der Waals surface area contributed by atoms with Crippen molar-refractivity contribution in [2.75, 3.05) is 0 Å². The first kappa shape index (κ1) is 21.5. The molecule has 7 nitrogen and oxygen atoms in total. The summed E-state index contributed by atoms with van der Waals surface area (Å²) >= 11 is 0. The van der Waals surface area contributed by atoms with Crippen molar-refractivity contribution in [2.24, 2.45) is 5.92 Å². The van der Waals surface area contributed by atoms with Crippen molar-refractivity contribution in [3.63, 3.8) is 0 Å². The molecule has 0 spiro atoms. The molecule has 7 heteroatoms. The summed E-state index contributed by atoms with van der Waals surface area (Å²) in [6.45, 7) is 9.34. The van der Waals surface area contributed by atoms with E-state index in [1.807, 2.05) is 39.6 Å². The van der Waals surface area contributed by atoms with Crippen molar-refractivity contribution >= 4 is 0 Å². The second kappa shape index (κ2) is 9.60. The van der Waals surface area contributed by atoms with Crippen LogP contribution in [0.3, 0.4) is 0 Å². The fourth-order valence-electron chi connectivity index (χ4n) is 3.89. The molecule has 0 atom stereocenters. The van der Waals surface area contributed by atoms with E-state index in [2.05, 4.69) is 66.3 Å². The number of hydrogen-bond acceptors (Lipinski definition) is 4. The molecule has 4 aromatic rings. The van der Waals surface area contributed by atoms with Gasteiger partial charge in [-0.2, -0.15) is 4.68 Å². The Kier molecular flexibility index (Phi) is 6.44. The number of para-hydroxylation sites is 1. The quantitative estimate of drug-likeness (QED) is 0.376. The van der Waals surface area contributed by atoms with Gasteiger partial charge in [0.05, 0.1) is 12.2 Å². The fraction of sp³-hybridized carbons (Fsp3) is 0.280. The topological polar surface area (TPSA) is 70.5 Å². The highest BCUT2D eigenvalue weighted by Crippen LogP contribution is 2.26. The predicted octanol–water partition coefficient (Wildman–Crippen LogP) is 4.12.